The van der Waals surface area contributed by atoms with E-state index in [0.29, 0.717) is 37.3 Å². The summed E-state index contributed by atoms with van der Waals surface area (Å²) >= 11 is 0. The maximum atomic E-state index is 6.20. The fourth-order valence-corrected chi connectivity index (χ4v) is 7.24. The van der Waals surface area contributed by atoms with Crippen molar-refractivity contribution < 1.29 is 18.9 Å². The van der Waals surface area contributed by atoms with Gasteiger partial charge in [-0.1, -0.05) is 36.4 Å². The van der Waals surface area contributed by atoms with Gasteiger partial charge >= 0.3 is 0 Å². The molecular weight excluding hydrogens is 400 g/mol. The molecule has 0 radical (unpaired) electrons. The molecule has 8 atom stereocenters. The number of para-hydroxylation sites is 2. The molecule has 8 unspecified atom stereocenters. The molecule has 4 nitrogen and oxygen atoms in total. The average molecular weight is 433 g/mol. The fraction of sp³-hybridized carbons (Fsp3) is 0.571. The Hall–Kier alpha value is -2.04. The number of fused-ring (bicyclic) bond motifs is 5. The van der Waals surface area contributed by atoms with Crippen LogP contribution in [-0.2, 0) is 9.47 Å². The molecule has 2 aromatic carbocycles. The molecule has 4 heteroatoms. The van der Waals surface area contributed by atoms with Crippen molar-refractivity contribution in [1.29, 1.82) is 0 Å². The Morgan fingerprint density at radius 2 is 1.25 bits per heavy atom. The highest BCUT2D eigenvalue weighted by molar-refractivity contribution is 5.40. The molecule has 32 heavy (non-hydrogen) atoms. The molecule has 0 amide bonds. The fourth-order valence-electron chi connectivity index (χ4n) is 7.24. The van der Waals surface area contributed by atoms with Crippen LogP contribution in [0.4, 0.5) is 0 Å². The first-order valence-corrected chi connectivity index (χ1v) is 12.5. The van der Waals surface area contributed by atoms with Crippen molar-refractivity contribution in [2.45, 2.75) is 49.7 Å². The minimum absolute atomic E-state index is 0.302. The van der Waals surface area contributed by atoms with Crippen molar-refractivity contribution in [1.82, 2.24) is 0 Å². The number of benzene rings is 2. The zero-order chi connectivity index (χ0) is 21.1. The minimum atomic E-state index is 0.302. The third-order valence-corrected chi connectivity index (χ3v) is 8.80. The highest BCUT2D eigenvalue weighted by Crippen LogP contribution is 2.66. The van der Waals surface area contributed by atoms with E-state index in [1.807, 2.05) is 0 Å². The molecule has 2 aliphatic heterocycles. The predicted molar refractivity (Wildman–Crippen MR) is 121 cm³/mol. The van der Waals surface area contributed by atoms with E-state index in [0.717, 1.165) is 48.4 Å². The summed E-state index contributed by atoms with van der Waals surface area (Å²) in [5, 5.41) is 0. The van der Waals surface area contributed by atoms with Crippen LogP contribution in [0.25, 0.3) is 0 Å². The van der Waals surface area contributed by atoms with Crippen molar-refractivity contribution in [3.63, 3.8) is 0 Å². The van der Waals surface area contributed by atoms with Gasteiger partial charge in [0.1, 0.15) is 36.9 Å². The van der Waals surface area contributed by atoms with Gasteiger partial charge in [0.05, 0.1) is 13.2 Å². The first kappa shape index (κ1) is 19.4. The van der Waals surface area contributed by atoms with Gasteiger partial charge in [0, 0.05) is 0 Å². The first-order chi connectivity index (χ1) is 15.8. The van der Waals surface area contributed by atoms with Crippen molar-refractivity contribution in [3.8, 4) is 11.5 Å². The Kier molecular flexibility index (Phi) is 4.72. The molecule has 0 N–H and O–H groups in total. The average Bonchev–Trinajstić information content (AvgIpc) is 3.72. The molecule has 3 aliphatic carbocycles. The van der Waals surface area contributed by atoms with Gasteiger partial charge < -0.3 is 18.9 Å². The molecule has 2 saturated heterocycles. The molecule has 3 saturated carbocycles. The topological polar surface area (TPSA) is 43.5 Å². The van der Waals surface area contributed by atoms with Crippen LogP contribution in [0.5, 0.6) is 11.5 Å². The lowest BCUT2D eigenvalue weighted by Gasteiger charge is -2.32. The molecule has 2 aromatic rings. The molecule has 7 rings (SSSR count). The number of rotatable bonds is 8. The van der Waals surface area contributed by atoms with Gasteiger partial charge in [-0.05, 0) is 84.5 Å². The molecular formula is C28H32O4. The van der Waals surface area contributed by atoms with Gasteiger partial charge in [-0.25, -0.2) is 0 Å². The van der Waals surface area contributed by atoms with E-state index in [-0.39, 0.29) is 0 Å². The van der Waals surface area contributed by atoms with Gasteiger partial charge in [0.25, 0.3) is 0 Å². The summed E-state index contributed by atoms with van der Waals surface area (Å²) in [6.07, 6.45) is 5.98. The lowest BCUT2D eigenvalue weighted by Crippen LogP contribution is -2.23. The molecule has 168 valence electrons. The predicted octanol–water partition coefficient (Wildman–Crippen LogP) is 5.18. The summed E-state index contributed by atoms with van der Waals surface area (Å²) < 4.78 is 23.1. The monoisotopic (exact) mass is 432 g/mol. The third-order valence-electron chi connectivity index (χ3n) is 8.80. The lowest BCUT2D eigenvalue weighted by molar-refractivity contribution is 0.223. The standard InChI is InChI=1S/C28H32O4/c1-3-7-27(31-15-19-13-29-19)21(5-1)17-9-23-18-11-24(26(12-18)25(23)10-17)22-6-2-4-8-28(22)32-16-20-14-30-20/h1-8,17-20,23-26H,9-16H2. The van der Waals surface area contributed by atoms with E-state index in [9.17, 15) is 0 Å². The Morgan fingerprint density at radius 1 is 0.656 bits per heavy atom. The quantitative estimate of drug-likeness (QED) is 0.540. The normalized spacial score (nSPS) is 38.5. The summed E-state index contributed by atoms with van der Waals surface area (Å²) in [6.45, 7) is 3.07. The van der Waals surface area contributed by atoms with Crippen LogP contribution in [0.3, 0.4) is 0 Å². The van der Waals surface area contributed by atoms with Crippen LogP contribution in [-0.4, -0.2) is 38.6 Å². The van der Waals surface area contributed by atoms with Crippen LogP contribution in [0.1, 0.15) is 48.6 Å². The van der Waals surface area contributed by atoms with E-state index in [2.05, 4.69) is 48.5 Å². The Morgan fingerprint density at radius 3 is 1.94 bits per heavy atom. The van der Waals surface area contributed by atoms with Crippen molar-refractivity contribution in [2.24, 2.45) is 23.7 Å². The Balaban J connectivity index is 1.09. The number of ether oxygens (including phenoxy) is 4. The van der Waals surface area contributed by atoms with Crippen LogP contribution in [0, 0.1) is 23.7 Å². The summed E-state index contributed by atoms with van der Waals surface area (Å²) in [5.41, 5.74) is 2.86. The molecule has 0 spiro atoms. The van der Waals surface area contributed by atoms with Crippen LogP contribution in [0.2, 0.25) is 0 Å². The second kappa shape index (κ2) is 7.78. The van der Waals surface area contributed by atoms with Crippen molar-refractivity contribution in [3.05, 3.63) is 59.7 Å². The molecule has 5 fully saturated rings. The zero-order valence-corrected chi connectivity index (χ0v) is 18.5. The second-order valence-corrected chi connectivity index (χ2v) is 10.6. The number of hydrogen-bond acceptors (Lipinski definition) is 4. The van der Waals surface area contributed by atoms with Gasteiger partial charge in [-0.15, -0.1) is 0 Å². The number of epoxide rings is 2. The smallest absolute Gasteiger partial charge is 0.122 e. The van der Waals surface area contributed by atoms with E-state index >= 15 is 0 Å². The van der Waals surface area contributed by atoms with E-state index in [1.165, 1.54) is 36.8 Å². The largest absolute Gasteiger partial charge is 0.490 e. The van der Waals surface area contributed by atoms with Crippen molar-refractivity contribution in [2.75, 3.05) is 26.4 Å². The second-order valence-electron chi connectivity index (χ2n) is 10.6. The first-order valence-electron chi connectivity index (χ1n) is 12.5. The van der Waals surface area contributed by atoms with Crippen molar-refractivity contribution >= 4 is 0 Å². The SMILES string of the molecule is c1ccc(C2CC3C4CC(c5ccccc5OCC5CO5)C(C4)C3C2)c(OCC2CO2)c1. The Labute approximate surface area is 190 Å². The highest BCUT2D eigenvalue weighted by atomic mass is 16.6. The van der Waals surface area contributed by atoms with Gasteiger partial charge in [-0.2, -0.15) is 0 Å². The van der Waals surface area contributed by atoms with E-state index in [4.69, 9.17) is 18.9 Å². The molecule has 2 bridgehead atoms. The maximum Gasteiger partial charge on any atom is 0.122 e. The van der Waals surface area contributed by atoms with Crippen LogP contribution >= 0.6 is 0 Å². The molecule has 5 aliphatic rings. The third kappa shape index (κ3) is 3.52. The van der Waals surface area contributed by atoms with Crippen LogP contribution < -0.4 is 9.47 Å². The molecule has 0 aromatic heterocycles. The summed E-state index contributed by atoms with van der Waals surface area (Å²) in [6, 6.07) is 17.5. The lowest BCUT2D eigenvalue weighted by atomic mass is 9.73. The highest BCUT2D eigenvalue weighted by Gasteiger charge is 2.56. The summed E-state index contributed by atoms with van der Waals surface area (Å²) in [5.74, 6) is 6.83. The molecule has 2 heterocycles. The van der Waals surface area contributed by atoms with Gasteiger partial charge in [0.2, 0.25) is 0 Å². The summed E-state index contributed by atoms with van der Waals surface area (Å²) in [7, 11) is 0. The maximum absolute atomic E-state index is 6.20. The summed E-state index contributed by atoms with van der Waals surface area (Å²) in [4.78, 5) is 0. The number of hydrogen-bond donors (Lipinski definition) is 0. The minimum Gasteiger partial charge on any atom is -0.490 e. The zero-order valence-electron chi connectivity index (χ0n) is 18.5. The van der Waals surface area contributed by atoms with Crippen LogP contribution in [0.15, 0.2) is 48.5 Å². The Bertz CT molecular complexity index is 981. The van der Waals surface area contributed by atoms with Gasteiger partial charge in [-0.3, -0.25) is 0 Å². The van der Waals surface area contributed by atoms with E-state index < -0.39 is 0 Å². The van der Waals surface area contributed by atoms with E-state index in [1.54, 1.807) is 0 Å². The van der Waals surface area contributed by atoms with Gasteiger partial charge in [0.15, 0.2) is 0 Å².